The summed E-state index contributed by atoms with van der Waals surface area (Å²) in [4.78, 5) is 24.3. The normalized spacial score (nSPS) is 24.0. The molecule has 8 nitrogen and oxygen atoms in total. The average Bonchev–Trinajstić information content (AvgIpc) is 3.21. The van der Waals surface area contributed by atoms with E-state index in [1.807, 2.05) is 0 Å². The first-order chi connectivity index (χ1) is 13.5. The number of sulfonamides is 1. The van der Waals surface area contributed by atoms with Gasteiger partial charge in [-0.3, -0.25) is 9.59 Å². The van der Waals surface area contributed by atoms with Gasteiger partial charge in [0.05, 0.1) is 18.1 Å². The molecular weight excluding hydrogens is 443 g/mol. The van der Waals surface area contributed by atoms with Crippen molar-refractivity contribution in [2.75, 3.05) is 38.2 Å². The van der Waals surface area contributed by atoms with E-state index in [-0.39, 0.29) is 30.1 Å². The van der Waals surface area contributed by atoms with Gasteiger partial charge in [0.25, 0.3) is 5.91 Å². The van der Waals surface area contributed by atoms with Gasteiger partial charge in [0.1, 0.15) is 9.75 Å². The summed E-state index contributed by atoms with van der Waals surface area (Å²) in [5, 5.41) is 2.54. The molecule has 0 unspecified atom stereocenters. The molecule has 1 heterocycles. The molecule has 1 saturated heterocycles. The number of nitrogens with zero attached hydrogens (tertiary/aromatic N) is 1. The van der Waals surface area contributed by atoms with Gasteiger partial charge in [-0.25, -0.2) is 8.42 Å². The summed E-state index contributed by atoms with van der Waals surface area (Å²) in [5.41, 5.74) is -0.187. The van der Waals surface area contributed by atoms with Crippen LogP contribution in [-0.2, 0) is 29.1 Å². The predicted octanol–water partition coefficient (Wildman–Crippen LogP) is 2.08. The van der Waals surface area contributed by atoms with E-state index in [2.05, 4.69) is 5.32 Å². The summed E-state index contributed by atoms with van der Waals surface area (Å²) >= 11 is 11.8. The zero-order valence-corrected chi connectivity index (χ0v) is 18.4. The Morgan fingerprint density at radius 2 is 1.90 bits per heavy atom. The number of halogens is 2. The third-order valence-electron chi connectivity index (χ3n) is 5.10. The summed E-state index contributed by atoms with van der Waals surface area (Å²) in [6.07, 6.45) is 0.254. The largest absolute Gasteiger partial charge is 0.455 e. The number of rotatable bonds is 6. The summed E-state index contributed by atoms with van der Waals surface area (Å²) in [6.45, 7) is 3.94. The highest BCUT2D eigenvalue weighted by Gasteiger charge is 2.69. The molecule has 1 aromatic carbocycles. The van der Waals surface area contributed by atoms with Crippen LogP contribution in [0.1, 0.15) is 18.9 Å². The molecule has 11 heteroatoms. The molecule has 2 fully saturated rings. The Labute approximate surface area is 179 Å². The van der Waals surface area contributed by atoms with Gasteiger partial charge in [-0.15, -0.1) is 23.2 Å². The second-order valence-corrected chi connectivity index (χ2v) is 10.7. The van der Waals surface area contributed by atoms with E-state index in [4.69, 9.17) is 32.7 Å². The first-order valence-corrected chi connectivity index (χ1v) is 11.2. The lowest BCUT2D eigenvalue weighted by Crippen LogP contribution is -2.40. The Bertz CT molecular complexity index is 930. The Hall–Kier alpha value is -1.39. The summed E-state index contributed by atoms with van der Waals surface area (Å²) in [7, 11) is -3.71. The molecule has 0 spiro atoms. The van der Waals surface area contributed by atoms with Gasteiger partial charge >= 0.3 is 5.97 Å². The number of alkyl halides is 2. The quantitative estimate of drug-likeness (QED) is 0.510. The number of aryl methyl sites for hydroxylation is 1. The molecule has 1 N–H and O–H groups in total. The number of nitrogens with one attached hydrogen (secondary N) is 1. The highest BCUT2D eigenvalue weighted by Crippen LogP contribution is 2.64. The standard InChI is InChI=1S/C18H22Cl2N2O6S/c1-12-3-4-13(9-14(12)29(25,26)22-5-7-27-8-6-22)21-15(23)10-28-16(24)17(2)11-18(17,19)20/h3-4,9H,5-8,10-11H2,1-2H3,(H,21,23)/t17-/m1/s1. The van der Waals surface area contributed by atoms with E-state index in [1.54, 1.807) is 26.0 Å². The number of anilines is 1. The van der Waals surface area contributed by atoms with Crippen LogP contribution in [0.25, 0.3) is 0 Å². The molecule has 1 saturated carbocycles. The Morgan fingerprint density at radius 1 is 1.28 bits per heavy atom. The van der Waals surface area contributed by atoms with Crippen LogP contribution in [0.15, 0.2) is 23.1 Å². The van der Waals surface area contributed by atoms with Crippen molar-refractivity contribution in [2.45, 2.75) is 29.5 Å². The molecule has 29 heavy (non-hydrogen) atoms. The van der Waals surface area contributed by atoms with Crippen molar-refractivity contribution in [3.05, 3.63) is 23.8 Å². The Morgan fingerprint density at radius 3 is 2.48 bits per heavy atom. The second-order valence-electron chi connectivity index (χ2n) is 7.33. The first-order valence-electron chi connectivity index (χ1n) is 9.01. The fraction of sp³-hybridized carbons (Fsp3) is 0.556. The van der Waals surface area contributed by atoms with E-state index in [9.17, 15) is 18.0 Å². The van der Waals surface area contributed by atoms with Crippen molar-refractivity contribution in [1.29, 1.82) is 0 Å². The maximum atomic E-state index is 12.9. The minimum atomic E-state index is -3.71. The zero-order valence-electron chi connectivity index (χ0n) is 16.0. The van der Waals surface area contributed by atoms with Crippen LogP contribution in [0.5, 0.6) is 0 Å². The molecule has 3 rings (SSSR count). The van der Waals surface area contributed by atoms with E-state index in [0.29, 0.717) is 18.8 Å². The maximum Gasteiger partial charge on any atom is 0.315 e. The number of carbonyl (C=O) groups is 2. The number of ether oxygens (including phenoxy) is 2. The third kappa shape index (κ3) is 4.54. The van der Waals surface area contributed by atoms with Crippen LogP contribution in [-0.4, -0.2) is 61.8 Å². The number of amides is 1. The van der Waals surface area contributed by atoms with Gasteiger partial charge in [0.2, 0.25) is 10.0 Å². The molecule has 2 aliphatic rings. The van der Waals surface area contributed by atoms with Crippen LogP contribution >= 0.6 is 23.2 Å². The highest BCUT2D eigenvalue weighted by atomic mass is 35.5. The van der Waals surface area contributed by atoms with Crippen LogP contribution in [0.2, 0.25) is 0 Å². The van der Waals surface area contributed by atoms with Crippen LogP contribution < -0.4 is 5.32 Å². The zero-order chi connectivity index (χ0) is 21.4. The van der Waals surface area contributed by atoms with Crippen molar-refractivity contribution in [3.8, 4) is 0 Å². The number of hydrogen-bond acceptors (Lipinski definition) is 6. The number of hydrogen-bond donors (Lipinski definition) is 1. The molecule has 160 valence electrons. The van der Waals surface area contributed by atoms with Crippen LogP contribution in [0.3, 0.4) is 0 Å². The maximum absolute atomic E-state index is 12.9. The van der Waals surface area contributed by atoms with Crippen LogP contribution in [0.4, 0.5) is 5.69 Å². The molecule has 1 aliphatic carbocycles. The second kappa shape index (κ2) is 8.03. The van der Waals surface area contributed by atoms with Gasteiger partial charge in [0, 0.05) is 25.2 Å². The van der Waals surface area contributed by atoms with Crippen molar-refractivity contribution in [3.63, 3.8) is 0 Å². The fourth-order valence-corrected chi connectivity index (χ4v) is 5.34. The van der Waals surface area contributed by atoms with Gasteiger partial charge in [-0.2, -0.15) is 4.31 Å². The Balaban J connectivity index is 1.65. The van der Waals surface area contributed by atoms with Gasteiger partial charge in [0.15, 0.2) is 6.61 Å². The number of morpholine rings is 1. The highest BCUT2D eigenvalue weighted by molar-refractivity contribution is 7.89. The molecule has 0 aromatic heterocycles. The minimum absolute atomic E-state index is 0.105. The van der Waals surface area contributed by atoms with Crippen molar-refractivity contribution >= 4 is 50.8 Å². The van der Waals surface area contributed by atoms with Crippen molar-refractivity contribution in [1.82, 2.24) is 4.31 Å². The SMILES string of the molecule is Cc1ccc(NC(=O)COC(=O)[C@@]2(C)CC2(Cl)Cl)cc1S(=O)(=O)N1CCOCC1. The van der Waals surface area contributed by atoms with Crippen LogP contribution in [0, 0.1) is 12.3 Å². The lowest BCUT2D eigenvalue weighted by molar-refractivity contribution is -0.152. The predicted molar refractivity (Wildman–Crippen MR) is 108 cm³/mol. The minimum Gasteiger partial charge on any atom is -0.455 e. The third-order valence-corrected chi connectivity index (χ3v) is 8.24. The summed E-state index contributed by atoms with van der Waals surface area (Å²) in [5.74, 6) is -1.26. The monoisotopic (exact) mass is 464 g/mol. The molecule has 0 radical (unpaired) electrons. The van der Waals surface area contributed by atoms with Gasteiger partial charge < -0.3 is 14.8 Å². The molecule has 1 aliphatic heterocycles. The van der Waals surface area contributed by atoms with E-state index >= 15 is 0 Å². The van der Waals surface area contributed by atoms with Gasteiger partial charge in [-0.1, -0.05) is 6.07 Å². The topological polar surface area (TPSA) is 102 Å². The number of benzene rings is 1. The lowest BCUT2D eigenvalue weighted by Gasteiger charge is -2.26. The molecule has 1 atom stereocenters. The first kappa shape index (κ1) is 22.3. The van der Waals surface area contributed by atoms with Crippen molar-refractivity contribution in [2.24, 2.45) is 5.41 Å². The average molecular weight is 465 g/mol. The molecule has 1 amide bonds. The molecule has 1 aromatic rings. The molecule has 0 bridgehead atoms. The summed E-state index contributed by atoms with van der Waals surface area (Å²) < 4.78 is 36.2. The number of carbonyl (C=O) groups excluding carboxylic acids is 2. The van der Waals surface area contributed by atoms with E-state index in [1.165, 1.54) is 10.4 Å². The van der Waals surface area contributed by atoms with Gasteiger partial charge in [-0.05, 0) is 31.5 Å². The smallest absolute Gasteiger partial charge is 0.315 e. The molecular formula is C18H22Cl2N2O6S. The Kier molecular flexibility index (Phi) is 6.18. The lowest BCUT2D eigenvalue weighted by atomic mass is 10.1. The summed E-state index contributed by atoms with van der Waals surface area (Å²) in [6, 6.07) is 4.58. The fourth-order valence-electron chi connectivity index (χ4n) is 2.99. The number of esters is 1. The van der Waals surface area contributed by atoms with E-state index < -0.39 is 38.3 Å². The van der Waals surface area contributed by atoms with Crippen molar-refractivity contribution < 1.29 is 27.5 Å². The van der Waals surface area contributed by atoms with E-state index in [0.717, 1.165) is 0 Å².